The maximum absolute atomic E-state index is 13.7. The van der Waals surface area contributed by atoms with Crippen LogP contribution in [0.4, 0.5) is 0 Å². The van der Waals surface area contributed by atoms with Crippen LogP contribution in [-0.4, -0.2) is 94.8 Å². The Morgan fingerprint density at radius 1 is 0.267 bits per heavy atom. The van der Waals surface area contributed by atoms with E-state index in [-0.39, 0.29) is 60.6 Å². The van der Waals surface area contributed by atoms with Gasteiger partial charge < -0.3 is 0 Å². The van der Waals surface area contributed by atoms with Crippen molar-refractivity contribution in [2.45, 2.75) is 488 Å². The van der Waals surface area contributed by atoms with Crippen LogP contribution in [0.2, 0.25) is 0 Å². The van der Waals surface area contributed by atoms with Crippen molar-refractivity contribution < 1.29 is 19.2 Å². The number of imide groups is 2. The summed E-state index contributed by atoms with van der Waals surface area (Å²) < 4.78 is 0. The van der Waals surface area contributed by atoms with Gasteiger partial charge in [-0.3, -0.25) is 44.1 Å². The number of hydrogen-bond donors (Lipinski definition) is 1. The van der Waals surface area contributed by atoms with Crippen LogP contribution in [0.5, 0.6) is 0 Å². The molecule has 0 bridgehead atoms. The highest BCUT2D eigenvalue weighted by Gasteiger charge is 2.44. The highest BCUT2D eigenvalue weighted by molar-refractivity contribution is 6.05. The second kappa shape index (κ2) is 67.0. The molecule has 0 aromatic carbocycles. The third-order valence-corrected chi connectivity index (χ3v) is 23.7. The van der Waals surface area contributed by atoms with Crippen LogP contribution in [0.1, 0.15) is 476 Å². The van der Waals surface area contributed by atoms with Gasteiger partial charge in [-0.2, -0.15) is 0 Å². The topological polar surface area (TPSA) is 92.8 Å². The molecule has 4 aliphatic heterocycles. The smallest absolute Gasteiger partial charge is 0.236 e. The number of hydrogen-bond acceptors (Lipinski definition) is 7. The Hall–Kier alpha value is -2.36. The minimum absolute atomic E-state index is 0.0962. The van der Waals surface area contributed by atoms with E-state index in [1.807, 2.05) is 12.2 Å². The summed E-state index contributed by atoms with van der Waals surface area (Å²) in [5.74, 6) is -1.16. The number of nitrogens with zero attached hydrogens (tertiary/aromatic N) is 4. The molecule has 9 nitrogen and oxygen atoms in total. The second-order valence-electron chi connectivity index (χ2n) is 33.3. The lowest BCUT2D eigenvalue weighted by atomic mass is 10.0. The molecule has 0 aromatic rings. The van der Waals surface area contributed by atoms with Crippen LogP contribution in [0.25, 0.3) is 0 Å². The van der Waals surface area contributed by atoms with Crippen molar-refractivity contribution in [1.29, 1.82) is 0 Å². The molecule has 0 spiro atoms. The van der Waals surface area contributed by atoms with Crippen molar-refractivity contribution in [1.82, 2.24) is 24.9 Å². The van der Waals surface area contributed by atoms with Gasteiger partial charge in [0.15, 0.2) is 0 Å². The van der Waals surface area contributed by atoms with E-state index in [0.717, 1.165) is 51.9 Å². The number of rotatable bonds is 80. The molecule has 9 heteroatoms. The molecule has 101 heavy (non-hydrogen) atoms. The Morgan fingerprint density at radius 2 is 0.436 bits per heavy atom. The molecule has 0 aromatic heterocycles. The summed E-state index contributed by atoms with van der Waals surface area (Å²) in [6.45, 7) is 8.80. The molecule has 4 saturated heterocycles. The number of carbonyl (C=O) groups excluding carboxylic acids is 4. The zero-order valence-electron chi connectivity index (χ0n) is 67.7. The Labute approximate surface area is 628 Å². The summed E-state index contributed by atoms with van der Waals surface area (Å²) in [5.41, 5.74) is 0. The van der Waals surface area contributed by atoms with Crippen molar-refractivity contribution >= 4 is 23.6 Å². The van der Waals surface area contributed by atoms with Crippen molar-refractivity contribution in [3.63, 3.8) is 0 Å². The number of allylic oxidation sites excluding steroid dienone is 2. The van der Waals surface area contributed by atoms with Crippen LogP contribution < -0.4 is 5.32 Å². The second-order valence-corrected chi connectivity index (χ2v) is 33.3. The van der Waals surface area contributed by atoms with Gasteiger partial charge in [0.2, 0.25) is 23.6 Å². The molecular formula is C92H171N5O4. The van der Waals surface area contributed by atoms with Gasteiger partial charge in [0, 0.05) is 39.0 Å². The predicted molar refractivity (Wildman–Crippen MR) is 436 cm³/mol. The lowest BCUT2D eigenvalue weighted by Gasteiger charge is -2.32. The molecule has 4 atom stereocenters. The number of nitrogens with one attached hydrogen (secondary N) is 1. The fourth-order valence-corrected chi connectivity index (χ4v) is 16.5. The largest absolute Gasteiger partial charge is 0.284 e. The zero-order chi connectivity index (χ0) is 71.6. The van der Waals surface area contributed by atoms with E-state index in [9.17, 15) is 19.2 Å². The average Bonchev–Trinajstić information content (AvgIpc) is 1.64. The molecule has 4 amide bonds. The molecule has 0 radical (unpaired) electrons. The maximum atomic E-state index is 13.7. The van der Waals surface area contributed by atoms with Crippen molar-refractivity contribution in [2.24, 2.45) is 11.8 Å². The highest BCUT2D eigenvalue weighted by Crippen LogP contribution is 2.28. The molecule has 588 valence electrons. The first-order chi connectivity index (χ1) is 49.9. The fourth-order valence-electron chi connectivity index (χ4n) is 16.5. The van der Waals surface area contributed by atoms with Gasteiger partial charge in [-0.25, -0.2) is 0 Å². The summed E-state index contributed by atoms with van der Waals surface area (Å²) in [6.07, 6.45) is 107. The molecular weight excluding hydrogens is 1240 g/mol. The lowest BCUT2D eigenvalue weighted by molar-refractivity contribution is -0.140. The number of amides is 4. The van der Waals surface area contributed by atoms with Crippen LogP contribution in [-0.2, 0) is 19.2 Å². The van der Waals surface area contributed by atoms with Gasteiger partial charge in [0.25, 0.3) is 0 Å². The summed E-state index contributed by atoms with van der Waals surface area (Å²) in [7, 11) is 0. The monoisotopic (exact) mass is 1410 g/mol. The first kappa shape index (κ1) is 91.0. The van der Waals surface area contributed by atoms with Crippen LogP contribution in [0.3, 0.4) is 0 Å². The molecule has 4 rings (SSSR count). The van der Waals surface area contributed by atoms with Crippen LogP contribution >= 0.6 is 0 Å². The number of likely N-dealkylation sites (tertiary alicyclic amines) is 2. The van der Waals surface area contributed by atoms with Crippen molar-refractivity contribution in [3.8, 4) is 0 Å². The van der Waals surface area contributed by atoms with E-state index in [1.165, 1.54) is 434 Å². The first-order valence-electron chi connectivity index (χ1n) is 46.2. The molecule has 1 N–H and O–H groups in total. The summed E-state index contributed by atoms with van der Waals surface area (Å²) in [4.78, 5) is 61.4. The third-order valence-electron chi connectivity index (χ3n) is 23.7. The van der Waals surface area contributed by atoms with Gasteiger partial charge in [-0.05, 0) is 25.7 Å². The van der Waals surface area contributed by atoms with E-state index in [2.05, 4.69) is 41.1 Å². The summed E-state index contributed by atoms with van der Waals surface area (Å²) >= 11 is 0. The summed E-state index contributed by atoms with van der Waals surface area (Å²) in [6, 6.07) is 0. The van der Waals surface area contributed by atoms with E-state index >= 15 is 0 Å². The molecule has 4 heterocycles. The Bertz CT molecular complexity index is 1830. The quantitative estimate of drug-likeness (QED) is 0.0281. The fraction of sp³-hybridized carbons (Fsp3) is 0.913. The van der Waals surface area contributed by atoms with E-state index in [1.54, 1.807) is 0 Å². The predicted octanol–water partition coefficient (Wildman–Crippen LogP) is 27.1. The third kappa shape index (κ3) is 51.5. The van der Waals surface area contributed by atoms with E-state index in [0.29, 0.717) is 13.1 Å². The van der Waals surface area contributed by atoms with Gasteiger partial charge >= 0.3 is 0 Å². The van der Waals surface area contributed by atoms with Gasteiger partial charge in [-0.1, -0.05) is 462 Å². The molecule has 0 saturated carbocycles. The SMILES string of the molecule is CCCCCCCCCCCCCCCCCCCCCCCCCCCCCCCCCCCC/C=C/C1CC(=O)N(CC(NC(CN2C(=O)CC(/C=C/CCCCCCCCCCCCCCCCCCCCCCCCCCCCCCCCCCCC)C2=O)N2CC2)N2CC2)C1=O. The Balaban J connectivity index is 0.873. The van der Waals surface area contributed by atoms with Crippen LogP contribution in [0.15, 0.2) is 24.3 Å². The minimum atomic E-state index is -0.384. The number of unbranched alkanes of at least 4 members (excludes halogenated alkanes) is 68. The average molecular weight is 1410 g/mol. The maximum Gasteiger partial charge on any atom is 0.236 e. The molecule has 4 unspecified atom stereocenters. The van der Waals surface area contributed by atoms with E-state index < -0.39 is 0 Å². The molecule has 4 fully saturated rings. The first-order valence-corrected chi connectivity index (χ1v) is 46.2. The van der Waals surface area contributed by atoms with E-state index in [4.69, 9.17) is 0 Å². The summed E-state index contributed by atoms with van der Waals surface area (Å²) in [5, 5.41) is 3.71. The number of carbonyl (C=O) groups is 4. The van der Waals surface area contributed by atoms with Crippen molar-refractivity contribution in [2.75, 3.05) is 39.3 Å². The zero-order valence-corrected chi connectivity index (χ0v) is 67.7. The molecule has 0 aliphatic carbocycles. The molecule has 4 aliphatic rings. The lowest BCUT2D eigenvalue weighted by Crippen LogP contribution is -2.56. The standard InChI is InChI=1S/C92H171N5O4/c1-3-5-7-9-11-13-15-17-19-21-23-25-27-29-31-33-35-37-39-41-43-45-47-49-51-53-55-57-59-61-63-65-67-69-71-73-75-85-81-89(98)96(91(85)100)83-87(94-77-78-94)93-88(95-79-80-95)84-97-90(99)82-86(92(97)101)76-74-72-70-68-66-64-62-60-58-56-54-52-50-48-46-44-42-40-38-36-34-32-30-28-26-24-22-20-18-16-14-12-10-8-6-4-2/h73-76,85-88,93H,3-72,77-84H2,1-2H3/b75-73+,76-74+. The minimum Gasteiger partial charge on any atom is -0.284 e. The highest BCUT2D eigenvalue weighted by atomic mass is 16.2. The van der Waals surface area contributed by atoms with Crippen molar-refractivity contribution in [3.05, 3.63) is 24.3 Å². The normalized spacial score (nSPS) is 17.3. The van der Waals surface area contributed by atoms with Gasteiger partial charge in [-0.15, -0.1) is 0 Å². The Morgan fingerprint density at radius 3 is 0.604 bits per heavy atom. The van der Waals surface area contributed by atoms with Crippen LogP contribution in [0, 0.1) is 11.8 Å². The van der Waals surface area contributed by atoms with Gasteiger partial charge in [0.05, 0.1) is 37.3 Å². The Kier molecular flexibility index (Phi) is 60.4. The van der Waals surface area contributed by atoms with Gasteiger partial charge in [0.1, 0.15) is 0 Å².